The maximum Gasteiger partial charge on any atom is 0.326 e. The molecule has 0 aromatic carbocycles. The van der Waals surface area contributed by atoms with E-state index >= 15 is 0 Å². The molecule has 0 aromatic heterocycles. The summed E-state index contributed by atoms with van der Waals surface area (Å²) >= 11 is 0. The Balaban J connectivity index is 2.20. The van der Waals surface area contributed by atoms with Gasteiger partial charge in [0.05, 0.1) is 19.8 Å². The van der Waals surface area contributed by atoms with E-state index < -0.39 is 11.5 Å². The molecule has 0 aromatic rings. The number of hydrogen-bond acceptors (Lipinski definition) is 4. The van der Waals surface area contributed by atoms with Gasteiger partial charge in [-0.1, -0.05) is 13.3 Å². The third-order valence-electron chi connectivity index (χ3n) is 3.45. The lowest BCUT2D eigenvalue weighted by Crippen LogP contribution is -2.56. The number of ether oxygens (including phenoxy) is 2. The predicted molar refractivity (Wildman–Crippen MR) is 68.7 cm³/mol. The van der Waals surface area contributed by atoms with E-state index in [2.05, 4.69) is 12.2 Å². The minimum atomic E-state index is -0.913. The largest absolute Gasteiger partial charge is 0.480 e. The van der Waals surface area contributed by atoms with Gasteiger partial charge in [-0.05, 0) is 32.2 Å². The summed E-state index contributed by atoms with van der Waals surface area (Å²) in [4.78, 5) is 11.4. The summed E-state index contributed by atoms with van der Waals surface area (Å²) in [6.07, 6.45) is 4.09. The first-order chi connectivity index (χ1) is 8.67. The van der Waals surface area contributed by atoms with Crippen molar-refractivity contribution in [1.82, 2.24) is 5.32 Å². The molecule has 2 N–H and O–H groups in total. The summed E-state index contributed by atoms with van der Waals surface area (Å²) in [5, 5.41) is 12.3. The van der Waals surface area contributed by atoms with E-state index in [9.17, 15) is 9.90 Å². The zero-order chi connectivity index (χ0) is 13.4. The smallest absolute Gasteiger partial charge is 0.326 e. The second-order valence-corrected chi connectivity index (χ2v) is 4.82. The molecule has 1 atom stereocenters. The van der Waals surface area contributed by atoms with Crippen molar-refractivity contribution >= 4 is 5.97 Å². The van der Waals surface area contributed by atoms with Crippen molar-refractivity contribution in [3.8, 4) is 0 Å². The highest BCUT2D eigenvalue weighted by molar-refractivity contribution is 5.80. The van der Waals surface area contributed by atoms with Gasteiger partial charge in [0.15, 0.2) is 0 Å². The third-order valence-corrected chi connectivity index (χ3v) is 3.45. The second-order valence-electron chi connectivity index (χ2n) is 4.82. The molecule has 1 aliphatic rings. The van der Waals surface area contributed by atoms with Crippen molar-refractivity contribution in [2.24, 2.45) is 5.92 Å². The lowest BCUT2D eigenvalue weighted by atomic mass is 9.95. The average Bonchev–Trinajstić information content (AvgIpc) is 3.17. The molecule has 1 fully saturated rings. The van der Waals surface area contributed by atoms with Crippen molar-refractivity contribution in [1.29, 1.82) is 0 Å². The number of likely N-dealkylation sites (N-methyl/N-ethyl adjacent to an activating group) is 1. The molecule has 0 bridgehead atoms. The predicted octanol–water partition coefficient (Wildman–Crippen LogP) is 1.27. The van der Waals surface area contributed by atoms with Gasteiger partial charge in [-0.25, -0.2) is 0 Å². The van der Waals surface area contributed by atoms with E-state index in [1.807, 2.05) is 0 Å². The minimum absolute atomic E-state index is 0.195. The summed E-state index contributed by atoms with van der Waals surface area (Å²) < 4.78 is 10.8. The van der Waals surface area contributed by atoms with Gasteiger partial charge in [0.2, 0.25) is 0 Å². The topological polar surface area (TPSA) is 67.8 Å². The van der Waals surface area contributed by atoms with Crippen LogP contribution >= 0.6 is 0 Å². The highest BCUT2D eigenvalue weighted by Crippen LogP contribution is 2.40. The molecule has 1 rings (SSSR count). The lowest BCUT2D eigenvalue weighted by molar-refractivity contribution is -0.149. The van der Waals surface area contributed by atoms with E-state index in [0.717, 1.165) is 32.3 Å². The molecule has 5 nitrogen and oxygen atoms in total. The molecule has 0 saturated heterocycles. The van der Waals surface area contributed by atoms with Gasteiger partial charge in [-0.3, -0.25) is 4.79 Å². The summed E-state index contributed by atoms with van der Waals surface area (Å²) in [7, 11) is 1.69. The number of rotatable bonds is 11. The number of aliphatic carboxylic acids is 1. The van der Waals surface area contributed by atoms with Crippen molar-refractivity contribution in [3.05, 3.63) is 0 Å². The Morgan fingerprint density at radius 1 is 1.33 bits per heavy atom. The van der Waals surface area contributed by atoms with Crippen molar-refractivity contribution < 1.29 is 19.4 Å². The van der Waals surface area contributed by atoms with Gasteiger partial charge >= 0.3 is 5.97 Å². The summed E-state index contributed by atoms with van der Waals surface area (Å²) in [5.41, 5.74) is -0.913. The van der Waals surface area contributed by atoms with Crippen molar-refractivity contribution in [2.75, 3.05) is 33.5 Å². The Morgan fingerprint density at radius 3 is 2.50 bits per heavy atom. The molecule has 1 aliphatic carbocycles. The van der Waals surface area contributed by atoms with E-state index in [0.29, 0.717) is 13.2 Å². The SMILES string of the molecule is CCCCOCCOCC(NC)(C(=O)O)C1CC1. The molecule has 5 heteroatoms. The van der Waals surface area contributed by atoms with E-state index in [-0.39, 0.29) is 12.5 Å². The van der Waals surface area contributed by atoms with Crippen molar-refractivity contribution in [2.45, 2.75) is 38.1 Å². The average molecular weight is 259 g/mol. The highest BCUT2D eigenvalue weighted by Gasteiger charge is 2.50. The molecule has 0 aliphatic heterocycles. The Morgan fingerprint density at radius 2 is 2.00 bits per heavy atom. The lowest BCUT2D eigenvalue weighted by Gasteiger charge is -2.28. The van der Waals surface area contributed by atoms with Gasteiger partial charge in [0, 0.05) is 6.61 Å². The first-order valence-electron chi connectivity index (χ1n) is 6.75. The first kappa shape index (κ1) is 15.4. The maximum absolute atomic E-state index is 11.4. The summed E-state index contributed by atoms with van der Waals surface area (Å²) in [5.74, 6) is -0.625. The Kier molecular flexibility index (Phi) is 6.60. The molecule has 0 heterocycles. The summed E-state index contributed by atoms with van der Waals surface area (Å²) in [6.45, 7) is 4.06. The molecule has 18 heavy (non-hydrogen) atoms. The quantitative estimate of drug-likeness (QED) is 0.547. The maximum atomic E-state index is 11.4. The number of carbonyl (C=O) groups is 1. The summed E-state index contributed by atoms with van der Waals surface area (Å²) in [6, 6.07) is 0. The van der Waals surface area contributed by atoms with Crippen LogP contribution in [0.25, 0.3) is 0 Å². The normalized spacial score (nSPS) is 18.6. The Hall–Kier alpha value is -0.650. The zero-order valence-corrected chi connectivity index (χ0v) is 11.4. The number of unbranched alkanes of at least 4 members (excludes halogenated alkanes) is 1. The van der Waals surface area contributed by atoms with Crippen LogP contribution in [0.2, 0.25) is 0 Å². The number of hydrogen-bond donors (Lipinski definition) is 2. The van der Waals surface area contributed by atoms with E-state index in [1.54, 1.807) is 7.05 Å². The van der Waals surface area contributed by atoms with Crippen LogP contribution in [0.4, 0.5) is 0 Å². The van der Waals surface area contributed by atoms with Crippen LogP contribution in [0.1, 0.15) is 32.6 Å². The molecule has 106 valence electrons. The number of carboxylic acid groups (broad SMARTS) is 1. The number of nitrogens with one attached hydrogen (secondary N) is 1. The molecule has 0 spiro atoms. The van der Waals surface area contributed by atoms with E-state index in [4.69, 9.17) is 9.47 Å². The highest BCUT2D eigenvalue weighted by atomic mass is 16.5. The standard InChI is InChI=1S/C13H25NO4/c1-3-4-7-17-8-9-18-10-13(14-2,12(15)16)11-5-6-11/h11,14H,3-10H2,1-2H3,(H,15,16). The van der Waals surface area contributed by atoms with Crippen LogP contribution in [0, 0.1) is 5.92 Å². The van der Waals surface area contributed by atoms with Crippen LogP contribution in [-0.4, -0.2) is 50.1 Å². The van der Waals surface area contributed by atoms with Crippen LogP contribution < -0.4 is 5.32 Å². The van der Waals surface area contributed by atoms with Crippen LogP contribution in [-0.2, 0) is 14.3 Å². The Labute approximate surface area is 109 Å². The van der Waals surface area contributed by atoms with Crippen LogP contribution in [0.15, 0.2) is 0 Å². The molecule has 0 radical (unpaired) electrons. The fourth-order valence-electron chi connectivity index (χ4n) is 2.01. The monoisotopic (exact) mass is 259 g/mol. The first-order valence-corrected chi connectivity index (χ1v) is 6.75. The zero-order valence-electron chi connectivity index (χ0n) is 11.4. The molecular formula is C13H25NO4. The Bertz CT molecular complexity index is 255. The number of carboxylic acids is 1. The van der Waals surface area contributed by atoms with Crippen molar-refractivity contribution in [3.63, 3.8) is 0 Å². The van der Waals surface area contributed by atoms with Gasteiger partial charge in [-0.15, -0.1) is 0 Å². The van der Waals surface area contributed by atoms with Gasteiger partial charge in [0.1, 0.15) is 5.54 Å². The van der Waals surface area contributed by atoms with E-state index in [1.165, 1.54) is 0 Å². The van der Waals surface area contributed by atoms with Crippen LogP contribution in [0.3, 0.4) is 0 Å². The van der Waals surface area contributed by atoms with Crippen LogP contribution in [0.5, 0.6) is 0 Å². The fourth-order valence-corrected chi connectivity index (χ4v) is 2.01. The second kappa shape index (κ2) is 7.71. The third kappa shape index (κ3) is 4.23. The fraction of sp³-hybridized carbons (Fsp3) is 0.923. The van der Waals surface area contributed by atoms with Gasteiger partial charge in [0.25, 0.3) is 0 Å². The molecular weight excluding hydrogens is 234 g/mol. The molecule has 0 amide bonds. The minimum Gasteiger partial charge on any atom is -0.480 e. The van der Waals surface area contributed by atoms with Gasteiger partial charge in [-0.2, -0.15) is 0 Å². The molecule has 1 saturated carbocycles. The molecule has 1 unspecified atom stereocenters. The van der Waals surface area contributed by atoms with Gasteiger partial charge < -0.3 is 19.9 Å².